The van der Waals surface area contributed by atoms with Crippen molar-refractivity contribution in [3.8, 4) is 0 Å². The molecule has 4 nitrogen and oxygen atoms in total. The molecule has 0 bridgehead atoms. The van der Waals surface area contributed by atoms with Gasteiger partial charge < -0.3 is 15.5 Å². The lowest BCUT2D eigenvalue weighted by Crippen LogP contribution is -2.45. The van der Waals surface area contributed by atoms with E-state index in [2.05, 4.69) is 55.6 Å². The van der Waals surface area contributed by atoms with Gasteiger partial charge in [0.05, 0.1) is 18.8 Å². The number of hydrogen-bond donors (Lipinski definition) is 3. The van der Waals surface area contributed by atoms with Crippen LogP contribution in [-0.2, 0) is 4.79 Å². The Labute approximate surface area is 337 Å². The lowest BCUT2D eigenvalue weighted by atomic mass is 10.1. The molecule has 0 spiro atoms. The molecular formula is C50H93NO3. The number of carbonyl (C=O) groups is 1. The summed E-state index contributed by atoms with van der Waals surface area (Å²) >= 11 is 0. The van der Waals surface area contributed by atoms with Crippen molar-refractivity contribution in [3.05, 3.63) is 48.6 Å². The van der Waals surface area contributed by atoms with Gasteiger partial charge in [0, 0.05) is 6.42 Å². The zero-order valence-corrected chi connectivity index (χ0v) is 36.2. The van der Waals surface area contributed by atoms with E-state index in [9.17, 15) is 15.0 Å². The van der Waals surface area contributed by atoms with Crippen molar-refractivity contribution in [2.75, 3.05) is 6.61 Å². The number of nitrogens with one attached hydrogen (secondary N) is 1. The second kappa shape index (κ2) is 45.7. The molecule has 0 rings (SSSR count). The fourth-order valence-corrected chi connectivity index (χ4v) is 7.09. The monoisotopic (exact) mass is 756 g/mol. The van der Waals surface area contributed by atoms with Gasteiger partial charge in [0.25, 0.3) is 0 Å². The molecule has 0 radical (unpaired) electrons. The summed E-state index contributed by atoms with van der Waals surface area (Å²) in [6.07, 6.45) is 62.3. The van der Waals surface area contributed by atoms with Crippen molar-refractivity contribution in [2.45, 2.75) is 257 Å². The Morgan fingerprint density at radius 3 is 1.07 bits per heavy atom. The van der Waals surface area contributed by atoms with Crippen molar-refractivity contribution in [3.63, 3.8) is 0 Å². The minimum atomic E-state index is -0.872. The van der Waals surface area contributed by atoms with Crippen molar-refractivity contribution in [1.29, 1.82) is 0 Å². The van der Waals surface area contributed by atoms with Gasteiger partial charge in [-0.15, -0.1) is 0 Å². The first-order valence-electron chi connectivity index (χ1n) is 23.9. The van der Waals surface area contributed by atoms with Gasteiger partial charge >= 0.3 is 0 Å². The zero-order chi connectivity index (χ0) is 39.3. The van der Waals surface area contributed by atoms with Crippen molar-refractivity contribution < 1.29 is 15.0 Å². The Hall–Kier alpha value is -1.65. The van der Waals surface area contributed by atoms with Gasteiger partial charge in [-0.25, -0.2) is 0 Å². The van der Waals surface area contributed by atoms with Gasteiger partial charge in [0.2, 0.25) is 5.91 Å². The maximum atomic E-state index is 12.4. The van der Waals surface area contributed by atoms with E-state index >= 15 is 0 Å². The SMILES string of the molecule is CCCCCCCCCCCC/C=C\CCCCCCCCCC(=O)NC(CO)C(O)/C=C/CC/C=C/CC/C=C/CCCCCCCCCCCCC. The van der Waals surface area contributed by atoms with Gasteiger partial charge in [-0.1, -0.05) is 217 Å². The van der Waals surface area contributed by atoms with Gasteiger partial charge in [-0.05, 0) is 70.6 Å². The Morgan fingerprint density at radius 2 is 0.722 bits per heavy atom. The van der Waals surface area contributed by atoms with Crippen molar-refractivity contribution in [1.82, 2.24) is 5.32 Å². The smallest absolute Gasteiger partial charge is 0.220 e. The van der Waals surface area contributed by atoms with Gasteiger partial charge in [-0.2, -0.15) is 0 Å². The number of rotatable bonds is 43. The highest BCUT2D eigenvalue weighted by molar-refractivity contribution is 5.76. The summed E-state index contributed by atoms with van der Waals surface area (Å²) in [5.41, 5.74) is 0. The molecule has 1 amide bonds. The van der Waals surface area contributed by atoms with Gasteiger partial charge in [0.1, 0.15) is 0 Å². The standard InChI is InChI=1S/C50H93NO3/c1-3-5-7-9-11-13-15-17-19-21-23-25-27-29-31-33-35-37-39-41-43-45-49(53)48(47-52)51-50(54)46-44-42-40-38-36-34-32-30-28-26-24-22-20-18-16-14-12-10-8-6-4-2/h26-29,35,37,43,45,48-49,52-53H,3-25,30-34,36,38-42,44,46-47H2,1-2H3,(H,51,54)/b28-26-,29-27+,37-35+,45-43+. The van der Waals surface area contributed by atoms with E-state index in [1.165, 1.54) is 186 Å². The Morgan fingerprint density at radius 1 is 0.426 bits per heavy atom. The van der Waals surface area contributed by atoms with E-state index in [0.29, 0.717) is 6.42 Å². The molecule has 0 saturated carbocycles. The van der Waals surface area contributed by atoms with Crippen LogP contribution < -0.4 is 5.32 Å². The highest BCUT2D eigenvalue weighted by Crippen LogP contribution is 2.14. The predicted molar refractivity (Wildman–Crippen MR) is 239 cm³/mol. The molecule has 0 aromatic heterocycles. The molecule has 0 heterocycles. The molecule has 0 aliphatic heterocycles. The van der Waals surface area contributed by atoms with E-state index in [0.717, 1.165) is 38.5 Å². The molecular weight excluding hydrogens is 663 g/mol. The number of amides is 1. The van der Waals surface area contributed by atoms with Crippen molar-refractivity contribution in [2.24, 2.45) is 0 Å². The van der Waals surface area contributed by atoms with E-state index in [1.807, 2.05) is 6.08 Å². The van der Waals surface area contributed by atoms with Crippen LogP contribution in [0.2, 0.25) is 0 Å². The second-order valence-electron chi connectivity index (χ2n) is 16.2. The van der Waals surface area contributed by atoms with Crippen LogP contribution in [0.5, 0.6) is 0 Å². The fraction of sp³-hybridized carbons (Fsp3) is 0.820. The quantitative estimate of drug-likeness (QED) is 0.0429. The third kappa shape index (κ3) is 41.5. The molecule has 0 aromatic carbocycles. The van der Waals surface area contributed by atoms with Gasteiger partial charge in [0.15, 0.2) is 0 Å². The van der Waals surface area contributed by atoms with Crippen LogP contribution in [0.4, 0.5) is 0 Å². The Bertz CT molecular complexity index is 862. The first-order chi connectivity index (χ1) is 26.7. The summed E-state index contributed by atoms with van der Waals surface area (Å²) in [5.74, 6) is -0.0816. The van der Waals surface area contributed by atoms with Crippen LogP contribution in [0, 0.1) is 0 Å². The molecule has 0 aromatic rings. The zero-order valence-electron chi connectivity index (χ0n) is 36.2. The van der Waals surface area contributed by atoms with E-state index in [-0.39, 0.29) is 12.5 Å². The molecule has 2 unspecified atom stereocenters. The lowest BCUT2D eigenvalue weighted by Gasteiger charge is -2.19. The second-order valence-corrected chi connectivity index (χ2v) is 16.2. The maximum absolute atomic E-state index is 12.4. The average molecular weight is 756 g/mol. The van der Waals surface area contributed by atoms with Crippen LogP contribution in [0.3, 0.4) is 0 Å². The molecule has 0 aliphatic rings. The first kappa shape index (κ1) is 52.3. The molecule has 54 heavy (non-hydrogen) atoms. The number of carbonyl (C=O) groups excluding carboxylic acids is 1. The third-order valence-corrected chi connectivity index (χ3v) is 10.8. The molecule has 0 fully saturated rings. The maximum Gasteiger partial charge on any atom is 0.220 e. The normalized spacial score (nSPS) is 13.3. The molecule has 316 valence electrons. The van der Waals surface area contributed by atoms with Crippen LogP contribution in [0.25, 0.3) is 0 Å². The van der Waals surface area contributed by atoms with Crippen LogP contribution in [-0.4, -0.2) is 34.9 Å². The molecule has 0 saturated heterocycles. The van der Waals surface area contributed by atoms with Crippen LogP contribution >= 0.6 is 0 Å². The molecule has 0 aliphatic carbocycles. The number of hydrogen-bond acceptors (Lipinski definition) is 3. The first-order valence-corrected chi connectivity index (χ1v) is 23.9. The highest BCUT2D eigenvalue weighted by atomic mass is 16.3. The summed E-state index contributed by atoms with van der Waals surface area (Å²) in [5, 5.41) is 23.0. The number of unbranched alkanes of at least 4 members (excludes halogenated alkanes) is 30. The van der Waals surface area contributed by atoms with Crippen LogP contribution in [0.1, 0.15) is 245 Å². The lowest BCUT2D eigenvalue weighted by molar-refractivity contribution is -0.123. The summed E-state index contributed by atoms with van der Waals surface area (Å²) in [6, 6.07) is -0.648. The largest absolute Gasteiger partial charge is 0.394 e. The fourth-order valence-electron chi connectivity index (χ4n) is 7.09. The molecule has 2 atom stereocenters. The summed E-state index contributed by atoms with van der Waals surface area (Å²) in [6.45, 7) is 4.30. The summed E-state index contributed by atoms with van der Waals surface area (Å²) in [7, 11) is 0. The van der Waals surface area contributed by atoms with Crippen molar-refractivity contribution >= 4 is 5.91 Å². The Kier molecular flexibility index (Phi) is 44.3. The highest BCUT2D eigenvalue weighted by Gasteiger charge is 2.17. The van der Waals surface area contributed by atoms with E-state index < -0.39 is 12.1 Å². The summed E-state index contributed by atoms with van der Waals surface area (Å²) in [4.78, 5) is 12.4. The predicted octanol–water partition coefficient (Wildman–Crippen LogP) is 15.1. The summed E-state index contributed by atoms with van der Waals surface area (Å²) < 4.78 is 0. The number of aliphatic hydroxyl groups is 2. The topological polar surface area (TPSA) is 69.6 Å². The van der Waals surface area contributed by atoms with Crippen LogP contribution in [0.15, 0.2) is 48.6 Å². The minimum absolute atomic E-state index is 0.0816. The minimum Gasteiger partial charge on any atom is -0.394 e. The van der Waals surface area contributed by atoms with E-state index in [4.69, 9.17) is 0 Å². The molecule has 3 N–H and O–H groups in total. The number of allylic oxidation sites excluding steroid dienone is 7. The Balaban J connectivity index is 3.62. The average Bonchev–Trinajstić information content (AvgIpc) is 3.18. The van der Waals surface area contributed by atoms with Gasteiger partial charge in [-0.3, -0.25) is 4.79 Å². The third-order valence-electron chi connectivity index (χ3n) is 10.8. The number of aliphatic hydroxyl groups excluding tert-OH is 2. The van der Waals surface area contributed by atoms with E-state index in [1.54, 1.807) is 6.08 Å². The molecule has 4 heteroatoms.